The van der Waals surface area contributed by atoms with Crippen molar-refractivity contribution in [2.75, 3.05) is 6.61 Å². The minimum absolute atomic E-state index is 0.0336. The van der Waals surface area contributed by atoms with Gasteiger partial charge in [-0.15, -0.1) is 0 Å². The number of carbonyl (C=O) groups excluding carboxylic acids is 1. The predicted molar refractivity (Wildman–Crippen MR) is 196 cm³/mol. The van der Waals surface area contributed by atoms with Crippen molar-refractivity contribution in [2.45, 2.75) is 125 Å². The monoisotopic (exact) mass is 632 g/mol. The van der Waals surface area contributed by atoms with E-state index in [1.807, 2.05) is 6.92 Å². The van der Waals surface area contributed by atoms with Gasteiger partial charge in [-0.2, -0.15) is 0 Å². The molecular weight excluding hydrogens is 580 g/mol. The number of nitrogens with one attached hydrogen (secondary N) is 2. The van der Waals surface area contributed by atoms with Crippen molar-refractivity contribution >= 4 is 45.3 Å². The number of nitrogens with zero attached hydrogens (tertiary/aromatic N) is 2. The summed E-state index contributed by atoms with van der Waals surface area (Å²) in [5.74, 6) is -0.200. The molecule has 6 nitrogen and oxygen atoms in total. The fourth-order valence-corrected chi connectivity index (χ4v) is 9.06. The molecule has 2 atom stereocenters. The second kappa shape index (κ2) is 12.9. The highest BCUT2D eigenvalue weighted by atomic mass is 16.5. The van der Waals surface area contributed by atoms with Crippen LogP contribution in [0.5, 0.6) is 0 Å². The van der Waals surface area contributed by atoms with Gasteiger partial charge in [0.25, 0.3) is 0 Å². The second-order valence-electron chi connectivity index (χ2n) is 13.0. The lowest BCUT2D eigenvalue weighted by Gasteiger charge is -2.33. The summed E-state index contributed by atoms with van der Waals surface area (Å²) in [7, 11) is 0. The molecule has 0 saturated heterocycles. The van der Waals surface area contributed by atoms with Gasteiger partial charge in [0.15, 0.2) is 0 Å². The maximum atomic E-state index is 13.9. The van der Waals surface area contributed by atoms with Crippen LogP contribution in [0.15, 0.2) is 23.8 Å². The summed E-state index contributed by atoms with van der Waals surface area (Å²) in [5, 5.41) is 0. The number of aromatic nitrogens is 4. The smallest absolute Gasteiger partial charge is 0.335 e. The van der Waals surface area contributed by atoms with Crippen LogP contribution in [-0.2, 0) is 40.6 Å². The number of hydrogen-bond donors (Lipinski definition) is 2. The zero-order valence-electron chi connectivity index (χ0n) is 30.0. The summed E-state index contributed by atoms with van der Waals surface area (Å²) in [6.07, 6.45) is 9.21. The second-order valence-corrected chi connectivity index (χ2v) is 13.0. The third-order valence-corrected chi connectivity index (χ3v) is 11.1. The fraction of sp³-hybridized carbons (Fsp3) is 0.488. The fourth-order valence-electron chi connectivity index (χ4n) is 9.06. The van der Waals surface area contributed by atoms with E-state index in [-0.39, 0.29) is 11.9 Å². The number of rotatable bonds is 10. The number of fused-ring (bicyclic) bond motifs is 8. The number of aryl methyl sites for hydroxylation is 4. The third-order valence-electron chi connectivity index (χ3n) is 11.1. The molecule has 2 aliphatic heterocycles. The highest BCUT2D eigenvalue weighted by Gasteiger charge is 2.54. The lowest BCUT2D eigenvalue weighted by molar-refractivity contribution is -0.139. The largest absolute Gasteiger partial charge is 0.463 e. The molecule has 0 amide bonds. The number of ether oxygens (including phenoxy) is 1. The normalized spacial score (nSPS) is 18.7. The van der Waals surface area contributed by atoms with E-state index < -0.39 is 5.41 Å². The molecule has 3 aromatic heterocycles. The first kappa shape index (κ1) is 33.0. The van der Waals surface area contributed by atoms with Crippen molar-refractivity contribution in [1.29, 1.82) is 0 Å². The van der Waals surface area contributed by atoms with Crippen LogP contribution in [0.2, 0.25) is 0 Å². The van der Waals surface area contributed by atoms with Gasteiger partial charge in [0.05, 0.1) is 40.2 Å². The van der Waals surface area contributed by atoms with Crippen LogP contribution >= 0.6 is 0 Å². The van der Waals surface area contributed by atoms with Gasteiger partial charge < -0.3 is 14.7 Å². The van der Waals surface area contributed by atoms with Crippen molar-refractivity contribution in [1.82, 2.24) is 19.9 Å². The van der Waals surface area contributed by atoms with Gasteiger partial charge in [0, 0.05) is 33.7 Å². The van der Waals surface area contributed by atoms with Gasteiger partial charge in [-0.25, -0.2) is 9.78 Å². The van der Waals surface area contributed by atoms with Crippen LogP contribution in [-0.4, -0.2) is 32.5 Å². The highest BCUT2D eigenvalue weighted by molar-refractivity contribution is 6.03. The van der Waals surface area contributed by atoms with Crippen molar-refractivity contribution < 1.29 is 9.53 Å². The Bertz CT molecular complexity index is 1970. The first-order chi connectivity index (χ1) is 22.8. The van der Waals surface area contributed by atoms with Crippen LogP contribution < -0.4 is 0 Å². The minimum Gasteiger partial charge on any atom is -0.463 e. The van der Waals surface area contributed by atoms with Crippen LogP contribution in [0.25, 0.3) is 39.3 Å². The van der Waals surface area contributed by atoms with Gasteiger partial charge in [-0.05, 0) is 116 Å². The third kappa shape index (κ3) is 4.85. The summed E-state index contributed by atoms with van der Waals surface area (Å²) < 4.78 is 5.76. The molecule has 0 fully saturated rings. The number of esters is 1. The zero-order chi connectivity index (χ0) is 33.6. The van der Waals surface area contributed by atoms with E-state index >= 15 is 0 Å². The topological polar surface area (TPSA) is 83.7 Å². The molecule has 2 N–H and O–H groups in total. The molecule has 8 bridgehead atoms. The van der Waals surface area contributed by atoms with E-state index in [2.05, 4.69) is 89.6 Å². The minimum atomic E-state index is -0.552. The summed E-state index contributed by atoms with van der Waals surface area (Å²) in [5.41, 5.74) is 17.7. The Labute approximate surface area is 280 Å². The Balaban J connectivity index is 1.88. The Kier molecular flexibility index (Phi) is 9.08. The van der Waals surface area contributed by atoms with Crippen LogP contribution in [0.4, 0.5) is 0 Å². The maximum Gasteiger partial charge on any atom is 0.335 e. The average Bonchev–Trinajstić information content (AvgIpc) is 3.84. The molecule has 3 aliphatic rings. The van der Waals surface area contributed by atoms with E-state index in [0.29, 0.717) is 6.61 Å². The Hall–Kier alpha value is -3.93. The molecule has 5 heterocycles. The van der Waals surface area contributed by atoms with Gasteiger partial charge in [-0.1, -0.05) is 55.4 Å². The molecule has 248 valence electrons. The van der Waals surface area contributed by atoms with Crippen LogP contribution in [0.1, 0.15) is 145 Å². The van der Waals surface area contributed by atoms with Crippen molar-refractivity contribution in [2.24, 2.45) is 0 Å². The zero-order valence-corrected chi connectivity index (χ0v) is 30.0. The SMILES string of the molecule is CCOC(=O)C1=Cc2c3nc(cc4nc(cc5[nH]c(cc6[nH]c2c(CC)c6CC)c(CC)c5CC)C(CC)=C4CC)C(CC)C13CC. The van der Waals surface area contributed by atoms with Crippen LogP contribution in [0.3, 0.4) is 0 Å². The number of hydrogen-bond acceptors (Lipinski definition) is 4. The molecule has 0 aromatic carbocycles. The molecule has 6 heteroatoms. The number of carbonyl (C=O) groups is 1. The molecule has 47 heavy (non-hydrogen) atoms. The molecule has 2 unspecified atom stereocenters. The standard InChI is InChI=1S/C41H52N4O2/c1-10-23-24(11-2)34-21-36-27(14-5)28(15-6)38(44-36)29-19-31(40(46)47-18-9)41(17-8)30(16-7)37(45-39(29)41)22-35-26(13-4)25(12-3)33(43-35)20-32(23)42-34/h19-22,30,42,44H,10-18H2,1-9H3. The quantitative estimate of drug-likeness (QED) is 0.218. The average molecular weight is 633 g/mol. The van der Waals surface area contributed by atoms with Gasteiger partial charge in [-0.3, -0.25) is 4.98 Å². The van der Waals surface area contributed by atoms with Gasteiger partial charge in [0.1, 0.15) is 0 Å². The van der Waals surface area contributed by atoms with Crippen molar-refractivity contribution in [3.63, 3.8) is 0 Å². The molecular formula is C41H52N4O2. The lowest BCUT2D eigenvalue weighted by Crippen LogP contribution is -2.34. The van der Waals surface area contributed by atoms with E-state index in [0.717, 1.165) is 107 Å². The van der Waals surface area contributed by atoms with E-state index in [1.165, 1.54) is 33.4 Å². The molecule has 1 aliphatic carbocycles. The maximum absolute atomic E-state index is 13.9. The molecule has 3 aromatic rings. The molecule has 0 radical (unpaired) electrons. The van der Waals surface area contributed by atoms with E-state index in [9.17, 15) is 4.79 Å². The van der Waals surface area contributed by atoms with E-state index in [4.69, 9.17) is 14.7 Å². The Morgan fingerprint density at radius 1 is 0.723 bits per heavy atom. The number of aromatic amines is 2. The Morgan fingerprint density at radius 3 is 1.85 bits per heavy atom. The Morgan fingerprint density at radius 2 is 1.30 bits per heavy atom. The van der Waals surface area contributed by atoms with Crippen molar-refractivity contribution in [3.05, 3.63) is 74.4 Å². The predicted octanol–water partition coefficient (Wildman–Crippen LogP) is 10.1. The summed E-state index contributed by atoms with van der Waals surface area (Å²) >= 11 is 0. The van der Waals surface area contributed by atoms with Crippen molar-refractivity contribution in [3.8, 4) is 0 Å². The number of H-pyrrole nitrogens is 2. The summed E-state index contributed by atoms with van der Waals surface area (Å²) in [6.45, 7) is 20.1. The molecule has 0 saturated carbocycles. The first-order valence-electron chi connectivity index (χ1n) is 18.2. The number of allylic oxidation sites excluding steroid dienone is 2. The summed E-state index contributed by atoms with van der Waals surface area (Å²) in [6, 6.07) is 6.84. The lowest BCUT2D eigenvalue weighted by atomic mass is 9.67. The van der Waals surface area contributed by atoms with Crippen LogP contribution in [0, 0.1) is 0 Å². The highest BCUT2D eigenvalue weighted by Crippen LogP contribution is 2.57. The summed E-state index contributed by atoms with van der Waals surface area (Å²) in [4.78, 5) is 32.5. The molecule has 0 spiro atoms. The first-order valence-corrected chi connectivity index (χ1v) is 18.2. The van der Waals surface area contributed by atoms with E-state index in [1.54, 1.807) is 0 Å². The molecule has 6 rings (SSSR count). The van der Waals surface area contributed by atoms with Gasteiger partial charge >= 0.3 is 5.97 Å². The van der Waals surface area contributed by atoms with Gasteiger partial charge in [0.2, 0.25) is 0 Å².